The van der Waals surface area contributed by atoms with Crippen molar-refractivity contribution in [3.05, 3.63) is 48.0 Å². The number of amides is 1. The second-order valence-corrected chi connectivity index (χ2v) is 9.96. The van der Waals surface area contributed by atoms with Crippen LogP contribution in [0.15, 0.2) is 52.3 Å². The van der Waals surface area contributed by atoms with Gasteiger partial charge in [-0.25, -0.2) is 12.7 Å². The SMILES string of the molecule is CN(C)S(=O)c1ccc(S(=O)Nc2cc(C(N)=O)ccc2N2CCCCC2)cc1. The predicted molar refractivity (Wildman–Crippen MR) is 118 cm³/mol. The van der Waals surface area contributed by atoms with Gasteiger partial charge in [-0.1, -0.05) is 0 Å². The van der Waals surface area contributed by atoms with Crippen molar-refractivity contribution in [2.24, 2.45) is 5.73 Å². The van der Waals surface area contributed by atoms with Crippen LogP contribution in [0.5, 0.6) is 0 Å². The lowest BCUT2D eigenvalue weighted by Crippen LogP contribution is -2.30. The summed E-state index contributed by atoms with van der Waals surface area (Å²) >= 11 is 0. The van der Waals surface area contributed by atoms with Gasteiger partial charge in [0.15, 0.2) is 0 Å². The van der Waals surface area contributed by atoms with E-state index in [1.807, 2.05) is 6.07 Å². The van der Waals surface area contributed by atoms with Gasteiger partial charge in [-0.05, 0) is 75.8 Å². The Labute approximate surface area is 176 Å². The van der Waals surface area contributed by atoms with Crippen molar-refractivity contribution in [2.75, 3.05) is 36.8 Å². The van der Waals surface area contributed by atoms with Gasteiger partial charge in [0.25, 0.3) is 0 Å². The molecule has 0 bridgehead atoms. The maximum atomic E-state index is 12.9. The van der Waals surface area contributed by atoms with Gasteiger partial charge in [-0.3, -0.25) is 9.52 Å². The van der Waals surface area contributed by atoms with Crippen molar-refractivity contribution in [3.8, 4) is 0 Å². The average Bonchev–Trinajstić information content (AvgIpc) is 2.73. The number of nitrogens with zero attached hydrogens (tertiary/aromatic N) is 2. The lowest BCUT2D eigenvalue weighted by molar-refractivity contribution is 0.100. The average molecular weight is 435 g/mol. The zero-order valence-electron chi connectivity index (χ0n) is 16.6. The summed E-state index contributed by atoms with van der Waals surface area (Å²) in [5, 5.41) is 0. The number of carbonyl (C=O) groups excluding carboxylic acids is 1. The van der Waals surface area contributed by atoms with Crippen LogP contribution in [0.2, 0.25) is 0 Å². The summed E-state index contributed by atoms with van der Waals surface area (Å²) in [5.74, 6) is -0.528. The molecule has 0 spiro atoms. The highest BCUT2D eigenvalue weighted by Gasteiger charge is 2.18. The summed E-state index contributed by atoms with van der Waals surface area (Å²) < 4.78 is 29.7. The van der Waals surface area contributed by atoms with Gasteiger partial charge in [-0.15, -0.1) is 0 Å². The summed E-state index contributed by atoms with van der Waals surface area (Å²) in [6, 6.07) is 12.0. The van der Waals surface area contributed by atoms with Crippen molar-refractivity contribution in [1.29, 1.82) is 0 Å². The van der Waals surface area contributed by atoms with E-state index in [2.05, 4.69) is 9.62 Å². The van der Waals surface area contributed by atoms with Crippen LogP contribution in [0.25, 0.3) is 0 Å². The summed E-state index contributed by atoms with van der Waals surface area (Å²) in [4.78, 5) is 15.1. The number of hydrogen-bond acceptors (Lipinski definition) is 4. The van der Waals surface area contributed by atoms with Crippen molar-refractivity contribution < 1.29 is 13.2 Å². The largest absolute Gasteiger partial charge is 0.370 e. The van der Waals surface area contributed by atoms with E-state index in [0.717, 1.165) is 31.6 Å². The van der Waals surface area contributed by atoms with E-state index < -0.39 is 27.9 Å². The Morgan fingerprint density at radius 3 is 2.21 bits per heavy atom. The second-order valence-electron chi connectivity index (χ2n) is 7.05. The fraction of sp³-hybridized carbons (Fsp3) is 0.350. The third-order valence-electron chi connectivity index (χ3n) is 4.75. The van der Waals surface area contributed by atoms with Gasteiger partial charge < -0.3 is 10.6 Å². The van der Waals surface area contributed by atoms with Gasteiger partial charge in [-0.2, -0.15) is 0 Å². The predicted octanol–water partition coefficient (Wildman–Crippen LogP) is 2.49. The number of nitrogens with two attached hydrogens (primary N) is 1. The van der Waals surface area contributed by atoms with Gasteiger partial charge in [0.1, 0.15) is 22.0 Å². The van der Waals surface area contributed by atoms with Gasteiger partial charge in [0, 0.05) is 18.7 Å². The number of hydrogen-bond donors (Lipinski definition) is 2. The van der Waals surface area contributed by atoms with E-state index in [1.54, 1.807) is 54.8 Å². The number of rotatable bonds is 7. The monoisotopic (exact) mass is 434 g/mol. The first-order chi connectivity index (χ1) is 13.9. The Hall–Kier alpha value is -2.23. The lowest BCUT2D eigenvalue weighted by Gasteiger charge is -2.30. The van der Waals surface area contributed by atoms with Crippen molar-refractivity contribution in [1.82, 2.24) is 4.31 Å². The molecule has 1 aliphatic rings. The van der Waals surface area contributed by atoms with Crippen LogP contribution in [-0.4, -0.2) is 45.8 Å². The number of benzene rings is 2. The highest BCUT2D eigenvalue weighted by molar-refractivity contribution is 7.86. The minimum Gasteiger partial charge on any atom is -0.370 e. The number of carbonyl (C=O) groups is 1. The maximum absolute atomic E-state index is 12.9. The number of piperidine rings is 1. The van der Waals surface area contributed by atoms with Crippen molar-refractivity contribution >= 4 is 39.3 Å². The molecule has 1 aliphatic heterocycles. The molecule has 1 fully saturated rings. The molecule has 0 saturated carbocycles. The molecule has 1 heterocycles. The van der Waals surface area contributed by atoms with Gasteiger partial charge >= 0.3 is 0 Å². The van der Waals surface area contributed by atoms with E-state index in [9.17, 15) is 13.2 Å². The molecule has 0 radical (unpaired) electrons. The van der Waals surface area contributed by atoms with E-state index in [1.165, 1.54) is 6.42 Å². The molecule has 2 unspecified atom stereocenters. The van der Waals surface area contributed by atoms with Crippen LogP contribution in [0.3, 0.4) is 0 Å². The number of primary amides is 1. The van der Waals surface area contributed by atoms with E-state index in [-0.39, 0.29) is 0 Å². The molecule has 2 aromatic carbocycles. The Morgan fingerprint density at radius 2 is 1.62 bits per heavy atom. The molecule has 7 nitrogen and oxygen atoms in total. The molecule has 3 N–H and O–H groups in total. The third-order valence-corrected chi connectivity index (χ3v) is 7.20. The molecule has 29 heavy (non-hydrogen) atoms. The molecule has 0 aliphatic carbocycles. The highest BCUT2D eigenvalue weighted by Crippen LogP contribution is 2.31. The standard InChI is InChI=1S/C20H26N4O3S2/c1-23(2)29(27)17-9-7-16(8-10-17)28(26)22-18-14-15(20(21)25)6-11-19(18)24-12-4-3-5-13-24/h6-11,14,22H,3-5,12-13H2,1-2H3,(H2,21,25). The molecule has 156 valence electrons. The third kappa shape index (κ3) is 5.23. The summed E-state index contributed by atoms with van der Waals surface area (Å²) in [6.45, 7) is 1.84. The second kappa shape index (κ2) is 9.51. The molecule has 1 saturated heterocycles. The Balaban J connectivity index is 1.85. The van der Waals surface area contributed by atoms with E-state index in [4.69, 9.17) is 5.73 Å². The maximum Gasteiger partial charge on any atom is 0.248 e. The Morgan fingerprint density at radius 1 is 1.00 bits per heavy atom. The minimum absolute atomic E-state index is 0.363. The molecule has 3 rings (SSSR count). The fourth-order valence-corrected chi connectivity index (χ4v) is 4.89. The van der Waals surface area contributed by atoms with E-state index in [0.29, 0.717) is 21.0 Å². The molecule has 0 aromatic heterocycles. The first kappa shape index (κ1) is 21.5. The smallest absolute Gasteiger partial charge is 0.248 e. The Bertz CT molecular complexity index is 926. The zero-order chi connectivity index (χ0) is 21.0. The van der Waals surface area contributed by atoms with Gasteiger partial charge in [0.2, 0.25) is 5.91 Å². The van der Waals surface area contributed by atoms with E-state index >= 15 is 0 Å². The van der Waals surface area contributed by atoms with Crippen LogP contribution >= 0.6 is 0 Å². The zero-order valence-corrected chi connectivity index (χ0v) is 18.2. The normalized spacial score (nSPS) is 16.4. The number of nitrogens with one attached hydrogen (secondary N) is 1. The molecular weight excluding hydrogens is 408 g/mol. The topological polar surface area (TPSA) is 95.7 Å². The molecule has 2 aromatic rings. The highest BCUT2D eigenvalue weighted by atomic mass is 32.2. The van der Waals surface area contributed by atoms with Crippen LogP contribution in [0.4, 0.5) is 11.4 Å². The van der Waals surface area contributed by atoms with Crippen LogP contribution in [-0.2, 0) is 22.0 Å². The fourth-order valence-electron chi connectivity index (χ4n) is 3.23. The van der Waals surface area contributed by atoms with Crippen LogP contribution in [0.1, 0.15) is 29.6 Å². The van der Waals surface area contributed by atoms with Crippen LogP contribution in [0, 0.1) is 0 Å². The number of anilines is 2. The summed E-state index contributed by atoms with van der Waals surface area (Å²) in [5.41, 5.74) is 7.32. The van der Waals surface area contributed by atoms with Gasteiger partial charge in [0.05, 0.1) is 21.2 Å². The molecular formula is C20H26N4O3S2. The summed E-state index contributed by atoms with van der Waals surface area (Å²) in [6.07, 6.45) is 3.40. The first-order valence-corrected chi connectivity index (χ1v) is 11.7. The minimum atomic E-state index is -1.54. The lowest BCUT2D eigenvalue weighted by atomic mass is 10.1. The van der Waals surface area contributed by atoms with Crippen molar-refractivity contribution in [2.45, 2.75) is 29.1 Å². The first-order valence-electron chi connectivity index (χ1n) is 9.43. The Kier molecular flexibility index (Phi) is 7.05. The molecule has 1 amide bonds. The molecule has 9 heteroatoms. The molecule has 2 atom stereocenters. The van der Waals surface area contributed by atoms with Crippen molar-refractivity contribution in [3.63, 3.8) is 0 Å². The summed E-state index contributed by atoms with van der Waals surface area (Å²) in [7, 11) is 0.669. The van der Waals surface area contributed by atoms with Crippen LogP contribution < -0.4 is 15.4 Å². The quantitative estimate of drug-likeness (QED) is 0.700.